The third-order valence-corrected chi connectivity index (χ3v) is 3.56. The molecule has 0 saturated heterocycles. The van der Waals surface area contributed by atoms with Gasteiger partial charge in [0.2, 0.25) is 11.9 Å². The van der Waals surface area contributed by atoms with Crippen LogP contribution < -0.4 is 15.0 Å². The highest BCUT2D eigenvalue weighted by Crippen LogP contribution is 2.23. The molecule has 2 rings (SSSR count). The highest BCUT2D eigenvalue weighted by atomic mass is 16.5. The predicted molar refractivity (Wildman–Crippen MR) is 80.4 cm³/mol. The number of hydrogen-bond acceptors (Lipinski definition) is 6. The zero-order valence-electron chi connectivity index (χ0n) is 12.7. The van der Waals surface area contributed by atoms with E-state index in [4.69, 9.17) is 4.74 Å². The Morgan fingerprint density at radius 2 is 1.80 bits per heavy atom. The van der Waals surface area contributed by atoms with Gasteiger partial charge in [0.05, 0.1) is 0 Å². The fraction of sp³-hybridized carbons (Fsp3) is 0.786. The summed E-state index contributed by atoms with van der Waals surface area (Å²) in [6.07, 6.45) is 4.93. The molecule has 0 radical (unpaired) electrons. The molecule has 0 aromatic carbocycles. The minimum absolute atomic E-state index is 0.261. The van der Waals surface area contributed by atoms with E-state index in [9.17, 15) is 0 Å². The van der Waals surface area contributed by atoms with Crippen molar-refractivity contribution in [1.82, 2.24) is 15.0 Å². The van der Waals surface area contributed by atoms with Crippen LogP contribution in [-0.4, -0.2) is 40.7 Å². The molecule has 6 heteroatoms. The Morgan fingerprint density at radius 3 is 2.40 bits per heavy atom. The Morgan fingerprint density at radius 1 is 1.10 bits per heavy atom. The van der Waals surface area contributed by atoms with E-state index < -0.39 is 0 Å². The molecule has 1 N–H and O–H groups in total. The quantitative estimate of drug-likeness (QED) is 0.827. The Labute approximate surface area is 121 Å². The van der Waals surface area contributed by atoms with E-state index in [1.165, 1.54) is 12.8 Å². The molecule has 112 valence electrons. The summed E-state index contributed by atoms with van der Waals surface area (Å²) in [7, 11) is 0. The van der Waals surface area contributed by atoms with Gasteiger partial charge in [0.15, 0.2) is 0 Å². The summed E-state index contributed by atoms with van der Waals surface area (Å²) in [6, 6.07) is 0.449. The third kappa shape index (κ3) is 3.71. The van der Waals surface area contributed by atoms with Crippen LogP contribution in [-0.2, 0) is 0 Å². The van der Waals surface area contributed by atoms with E-state index in [-0.39, 0.29) is 6.10 Å². The van der Waals surface area contributed by atoms with Crippen LogP contribution in [0.15, 0.2) is 0 Å². The topological polar surface area (TPSA) is 63.2 Å². The van der Waals surface area contributed by atoms with Crippen molar-refractivity contribution in [3.8, 4) is 6.01 Å². The average molecular weight is 279 g/mol. The van der Waals surface area contributed by atoms with E-state index in [2.05, 4.69) is 39.0 Å². The second-order valence-electron chi connectivity index (χ2n) is 4.97. The molecule has 1 aromatic rings. The number of anilines is 2. The molecule has 1 saturated carbocycles. The van der Waals surface area contributed by atoms with Crippen LogP contribution in [0.5, 0.6) is 6.01 Å². The smallest absolute Gasteiger partial charge is 0.323 e. The van der Waals surface area contributed by atoms with Crippen molar-refractivity contribution in [2.75, 3.05) is 29.9 Å². The van der Waals surface area contributed by atoms with Gasteiger partial charge < -0.3 is 15.0 Å². The minimum Gasteiger partial charge on any atom is -0.460 e. The summed E-state index contributed by atoms with van der Waals surface area (Å²) in [4.78, 5) is 15.4. The first-order valence-electron chi connectivity index (χ1n) is 7.68. The summed E-state index contributed by atoms with van der Waals surface area (Å²) in [6.45, 7) is 8.74. The van der Waals surface area contributed by atoms with Crippen molar-refractivity contribution in [2.24, 2.45) is 0 Å². The third-order valence-electron chi connectivity index (χ3n) is 3.56. The summed E-state index contributed by atoms with van der Waals surface area (Å²) >= 11 is 0. The van der Waals surface area contributed by atoms with Crippen LogP contribution in [0.4, 0.5) is 11.9 Å². The fourth-order valence-corrected chi connectivity index (χ4v) is 2.44. The number of hydrogen-bond donors (Lipinski definition) is 1. The van der Waals surface area contributed by atoms with E-state index in [0.29, 0.717) is 17.9 Å². The fourth-order valence-electron chi connectivity index (χ4n) is 2.44. The molecule has 1 aliphatic rings. The van der Waals surface area contributed by atoms with Crippen molar-refractivity contribution in [1.29, 1.82) is 0 Å². The molecule has 1 aromatic heterocycles. The van der Waals surface area contributed by atoms with Crippen molar-refractivity contribution in [3.05, 3.63) is 0 Å². The molecule has 0 bridgehead atoms. The van der Waals surface area contributed by atoms with E-state index in [0.717, 1.165) is 32.5 Å². The maximum Gasteiger partial charge on any atom is 0.323 e. The molecule has 0 aliphatic heterocycles. The van der Waals surface area contributed by atoms with Gasteiger partial charge in [-0.1, -0.05) is 0 Å². The lowest BCUT2D eigenvalue weighted by atomic mass is 10.3. The SMILES string of the molecule is CCNc1nc(OC2CCCC2)nc(N(CC)CC)n1. The molecule has 1 heterocycles. The standard InChI is InChI=1S/C14H25N5O/c1-4-15-12-16-13(19(5-2)6-3)18-14(17-12)20-11-9-7-8-10-11/h11H,4-10H2,1-3H3,(H,15,16,17,18). The number of ether oxygens (including phenoxy) is 1. The Kier molecular flexibility index (Phi) is 5.38. The van der Waals surface area contributed by atoms with E-state index in [1.54, 1.807) is 0 Å². The van der Waals surface area contributed by atoms with Crippen LogP contribution in [0, 0.1) is 0 Å². The highest BCUT2D eigenvalue weighted by Gasteiger charge is 2.19. The lowest BCUT2D eigenvalue weighted by Gasteiger charge is -2.20. The first kappa shape index (κ1) is 14.8. The molecule has 1 fully saturated rings. The Balaban J connectivity index is 2.19. The van der Waals surface area contributed by atoms with Crippen LogP contribution >= 0.6 is 0 Å². The van der Waals surface area contributed by atoms with Gasteiger partial charge in [-0.15, -0.1) is 0 Å². The lowest BCUT2D eigenvalue weighted by Crippen LogP contribution is -2.25. The molecule has 20 heavy (non-hydrogen) atoms. The number of nitrogens with zero attached hydrogens (tertiary/aromatic N) is 4. The normalized spacial score (nSPS) is 15.3. The molecule has 0 unspecified atom stereocenters. The zero-order valence-corrected chi connectivity index (χ0v) is 12.7. The van der Waals surface area contributed by atoms with Gasteiger partial charge in [-0.05, 0) is 46.5 Å². The lowest BCUT2D eigenvalue weighted by molar-refractivity contribution is 0.192. The molecule has 6 nitrogen and oxygen atoms in total. The second kappa shape index (κ2) is 7.26. The molecule has 1 aliphatic carbocycles. The van der Waals surface area contributed by atoms with Crippen molar-refractivity contribution in [2.45, 2.75) is 52.6 Å². The van der Waals surface area contributed by atoms with Crippen LogP contribution in [0.1, 0.15) is 46.5 Å². The zero-order chi connectivity index (χ0) is 14.4. The van der Waals surface area contributed by atoms with E-state index >= 15 is 0 Å². The van der Waals surface area contributed by atoms with Gasteiger partial charge in [-0.2, -0.15) is 15.0 Å². The molecular formula is C14H25N5O. The Bertz CT molecular complexity index is 416. The maximum absolute atomic E-state index is 5.91. The first-order valence-corrected chi connectivity index (χ1v) is 7.68. The summed E-state index contributed by atoms with van der Waals surface area (Å²) in [5, 5.41) is 3.15. The van der Waals surface area contributed by atoms with Gasteiger partial charge in [-0.25, -0.2) is 0 Å². The minimum atomic E-state index is 0.261. The van der Waals surface area contributed by atoms with Crippen molar-refractivity contribution < 1.29 is 4.74 Å². The summed E-state index contributed by atoms with van der Waals surface area (Å²) in [5.41, 5.74) is 0. The maximum atomic E-state index is 5.91. The summed E-state index contributed by atoms with van der Waals surface area (Å²) < 4.78 is 5.91. The van der Waals surface area contributed by atoms with Gasteiger partial charge >= 0.3 is 6.01 Å². The van der Waals surface area contributed by atoms with E-state index in [1.807, 2.05) is 6.92 Å². The van der Waals surface area contributed by atoms with Gasteiger partial charge in [0, 0.05) is 19.6 Å². The monoisotopic (exact) mass is 279 g/mol. The molecule has 0 atom stereocenters. The highest BCUT2D eigenvalue weighted by molar-refractivity contribution is 5.38. The summed E-state index contributed by atoms with van der Waals surface area (Å²) in [5.74, 6) is 1.28. The van der Waals surface area contributed by atoms with Crippen LogP contribution in [0.3, 0.4) is 0 Å². The van der Waals surface area contributed by atoms with Crippen LogP contribution in [0.2, 0.25) is 0 Å². The van der Waals surface area contributed by atoms with Crippen molar-refractivity contribution in [3.63, 3.8) is 0 Å². The molecule has 0 amide bonds. The van der Waals surface area contributed by atoms with Crippen LogP contribution in [0.25, 0.3) is 0 Å². The number of rotatable bonds is 7. The van der Waals surface area contributed by atoms with Gasteiger partial charge in [-0.3, -0.25) is 0 Å². The first-order chi connectivity index (χ1) is 9.76. The average Bonchev–Trinajstić information content (AvgIpc) is 2.93. The second-order valence-corrected chi connectivity index (χ2v) is 4.97. The molecule has 0 spiro atoms. The number of aromatic nitrogens is 3. The predicted octanol–water partition coefficient (Wildman–Crippen LogP) is 2.47. The number of nitrogens with one attached hydrogen (secondary N) is 1. The van der Waals surface area contributed by atoms with Gasteiger partial charge in [0.25, 0.3) is 0 Å². The van der Waals surface area contributed by atoms with Crippen molar-refractivity contribution >= 4 is 11.9 Å². The largest absolute Gasteiger partial charge is 0.460 e. The van der Waals surface area contributed by atoms with Gasteiger partial charge in [0.1, 0.15) is 6.10 Å². The Hall–Kier alpha value is -1.59. The molecular weight excluding hydrogens is 254 g/mol.